The molecule has 1 atom stereocenters. The third-order valence-corrected chi connectivity index (χ3v) is 2.07. The van der Waals surface area contributed by atoms with Crippen LogP contribution in [0.25, 0.3) is 0 Å². The van der Waals surface area contributed by atoms with Crippen molar-refractivity contribution >= 4 is 5.91 Å². The predicted molar refractivity (Wildman–Crippen MR) is 40.6 cm³/mol. The van der Waals surface area contributed by atoms with Gasteiger partial charge in [0.15, 0.2) is 0 Å². The van der Waals surface area contributed by atoms with E-state index >= 15 is 0 Å². The number of hydrogen-bond acceptors (Lipinski definition) is 1. The van der Waals surface area contributed by atoms with Crippen LogP contribution in [0.3, 0.4) is 0 Å². The lowest BCUT2D eigenvalue weighted by molar-refractivity contribution is -0.122. The summed E-state index contributed by atoms with van der Waals surface area (Å²) >= 11 is 0. The average molecular weight is 141 g/mol. The van der Waals surface area contributed by atoms with Crippen molar-refractivity contribution in [2.24, 2.45) is 5.92 Å². The first kappa shape index (κ1) is 7.58. The van der Waals surface area contributed by atoms with E-state index in [4.69, 9.17) is 0 Å². The summed E-state index contributed by atoms with van der Waals surface area (Å²) in [7, 11) is 0. The van der Waals surface area contributed by atoms with Gasteiger partial charge >= 0.3 is 0 Å². The number of rotatable bonds is 3. The molecular weight excluding hydrogens is 126 g/mol. The number of amides is 1. The third kappa shape index (κ3) is 1.72. The van der Waals surface area contributed by atoms with Crippen LogP contribution < -0.4 is 5.32 Å². The molecule has 1 saturated heterocycles. The molecule has 2 nitrogen and oxygen atoms in total. The third-order valence-electron chi connectivity index (χ3n) is 2.07. The van der Waals surface area contributed by atoms with Crippen molar-refractivity contribution in [1.29, 1.82) is 0 Å². The maximum Gasteiger partial charge on any atom is 0.223 e. The van der Waals surface area contributed by atoms with Crippen molar-refractivity contribution in [1.82, 2.24) is 5.32 Å². The molecule has 1 heterocycles. The van der Waals surface area contributed by atoms with Crippen LogP contribution in [0, 0.1) is 5.92 Å². The molecule has 10 heavy (non-hydrogen) atoms. The molecule has 0 aromatic carbocycles. The minimum Gasteiger partial charge on any atom is -0.356 e. The first-order valence-electron chi connectivity index (χ1n) is 4.12. The van der Waals surface area contributed by atoms with Gasteiger partial charge in [0.05, 0.1) is 0 Å². The Morgan fingerprint density at radius 3 is 3.00 bits per heavy atom. The smallest absolute Gasteiger partial charge is 0.223 e. The van der Waals surface area contributed by atoms with Crippen LogP contribution in [-0.2, 0) is 4.79 Å². The number of unbranched alkanes of at least 4 members (excludes halogenated alkanes) is 1. The van der Waals surface area contributed by atoms with Crippen LogP contribution in [0.1, 0.15) is 32.6 Å². The van der Waals surface area contributed by atoms with Crippen molar-refractivity contribution in [3.8, 4) is 0 Å². The summed E-state index contributed by atoms with van der Waals surface area (Å²) in [5.74, 6) is 0.605. The molecule has 0 aliphatic carbocycles. The summed E-state index contributed by atoms with van der Waals surface area (Å²) in [5.41, 5.74) is 0. The quantitative estimate of drug-likeness (QED) is 0.631. The maximum absolute atomic E-state index is 11.0. The molecule has 1 aliphatic heterocycles. The molecule has 0 saturated carbocycles. The molecule has 0 bridgehead atoms. The average Bonchev–Trinajstić information content (AvgIpc) is 2.31. The molecule has 1 fully saturated rings. The van der Waals surface area contributed by atoms with Gasteiger partial charge in [-0.3, -0.25) is 4.79 Å². The highest BCUT2D eigenvalue weighted by Gasteiger charge is 2.22. The van der Waals surface area contributed by atoms with Gasteiger partial charge in [-0.25, -0.2) is 0 Å². The first-order valence-corrected chi connectivity index (χ1v) is 4.12. The van der Waals surface area contributed by atoms with Crippen molar-refractivity contribution in [2.45, 2.75) is 32.6 Å². The van der Waals surface area contributed by atoms with Crippen LogP contribution in [0.2, 0.25) is 0 Å². The van der Waals surface area contributed by atoms with Gasteiger partial charge in [0.2, 0.25) is 5.91 Å². The lowest BCUT2D eigenvalue weighted by atomic mass is 10.0. The van der Waals surface area contributed by atoms with E-state index < -0.39 is 0 Å². The molecule has 0 unspecified atom stereocenters. The Hall–Kier alpha value is -0.530. The topological polar surface area (TPSA) is 29.1 Å². The molecule has 0 aromatic heterocycles. The minimum atomic E-state index is 0.272. The molecule has 0 aromatic rings. The first-order chi connectivity index (χ1) is 4.84. The van der Waals surface area contributed by atoms with Gasteiger partial charge in [0, 0.05) is 12.5 Å². The number of carbonyl (C=O) groups is 1. The lowest BCUT2D eigenvalue weighted by Gasteiger charge is -2.02. The van der Waals surface area contributed by atoms with Gasteiger partial charge in [0.25, 0.3) is 0 Å². The Labute approximate surface area is 62.0 Å². The Morgan fingerprint density at radius 2 is 2.50 bits per heavy atom. The van der Waals surface area contributed by atoms with E-state index in [1.54, 1.807) is 0 Å². The highest BCUT2D eigenvalue weighted by molar-refractivity contribution is 5.80. The van der Waals surface area contributed by atoms with Crippen molar-refractivity contribution in [3.05, 3.63) is 0 Å². The van der Waals surface area contributed by atoms with Gasteiger partial charge in [0.1, 0.15) is 0 Å². The highest BCUT2D eigenvalue weighted by Crippen LogP contribution is 2.16. The second-order valence-corrected chi connectivity index (χ2v) is 2.92. The van der Waals surface area contributed by atoms with E-state index in [0.717, 1.165) is 19.4 Å². The molecule has 0 spiro atoms. The van der Waals surface area contributed by atoms with Gasteiger partial charge in [-0.1, -0.05) is 19.8 Å². The van der Waals surface area contributed by atoms with E-state index in [2.05, 4.69) is 12.2 Å². The van der Waals surface area contributed by atoms with E-state index in [9.17, 15) is 4.79 Å². The molecule has 1 rings (SSSR count). The summed E-state index contributed by atoms with van der Waals surface area (Å²) < 4.78 is 0. The van der Waals surface area contributed by atoms with Crippen LogP contribution in [0.15, 0.2) is 0 Å². The molecule has 1 N–H and O–H groups in total. The Balaban J connectivity index is 2.20. The lowest BCUT2D eigenvalue weighted by Crippen LogP contribution is -2.18. The van der Waals surface area contributed by atoms with E-state index in [-0.39, 0.29) is 5.91 Å². The van der Waals surface area contributed by atoms with E-state index in [1.807, 2.05) is 0 Å². The zero-order chi connectivity index (χ0) is 7.40. The summed E-state index contributed by atoms with van der Waals surface area (Å²) in [6.45, 7) is 3.06. The van der Waals surface area contributed by atoms with Crippen LogP contribution in [0.4, 0.5) is 0 Å². The zero-order valence-corrected chi connectivity index (χ0v) is 6.52. The number of carbonyl (C=O) groups excluding carboxylic acids is 1. The summed E-state index contributed by atoms with van der Waals surface area (Å²) in [5, 5.41) is 2.84. The zero-order valence-electron chi connectivity index (χ0n) is 6.52. The minimum absolute atomic E-state index is 0.272. The standard InChI is InChI=1S/C8H15NO/c1-2-3-4-7-5-6-9-8(7)10/h7H,2-6H2,1H3,(H,9,10)/t7-/m0/s1. The normalized spacial score (nSPS) is 24.9. The monoisotopic (exact) mass is 141 g/mol. The van der Waals surface area contributed by atoms with E-state index in [0.29, 0.717) is 5.92 Å². The molecular formula is C8H15NO. The second-order valence-electron chi connectivity index (χ2n) is 2.92. The summed E-state index contributed by atoms with van der Waals surface area (Å²) in [4.78, 5) is 11.0. The Morgan fingerprint density at radius 1 is 1.70 bits per heavy atom. The number of hydrogen-bond donors (Lipinski definition) is 1. The Kier molecular flexibility index (Phi) is 2.72. The van der Waals surface area contributed by atoms with Gasteiger partial charge in [-0.05, 0) is 12.8 Å². The molecule has 1 amide bonds. The van der Waals surface area contributed by atoms with Crippen molar-refractivity contribution < 1.29 is 4.79 Å². The Bertz CT molecular complexity index is 122. The van der Waals surface area contributed by atoms with E-state index in [1.165, 1.54) is 12.8 Å². The molecule has 0 radical (unpaired) electrons. The fourth-order valence-corrected chi connectivity index (χ4v) is 1.37. The number of nitrogens with one attached hydrogen (secondary N) is 1. The highest BCUT2D eigenvalue weighted by atomic mass is 16.2. The van der Waals surface area contributed by atoms with Crippen molar-refractivity contribution in [2.75, 3.05) is 6.54 Å². The molecule has 58 valence electrons. The molecule has 1 aliphatic rings. The molecule has 2 heteroatoms. The van der Waals surface area contributed by atoms with Crippen LogP contribution in [0.5, 0.6) is 0 Å². The maximum atomic E-state index is 11.0. The van der Waals surface area contributed by atoms with Crippen molar-refractivity contribution in [3.63, 3.8) is 0 Å². The predicted octanol–water partition coefficient (Wildman–Crippen LogP) is 1.31. The van der Waals surface area contributed by atoms with Gasteiger partial charge < -0.3 is 5.32 Å². The summed E-state index contributed by atoms with van der Waals surface area (Å²) in [6, 6.07) is 0. The van der Waals surface area contributed by atoms with Crippen LogP contribution in [-0.4, -0.2) is 12.5 Å². The van der Waals surface area contributed by atoms with Crippen LogP contribution >= 0.6 is 0 Å². The summed E-state index contributed by atoms with van der Waals surface area (Å²) in [6.07, 6.45) is 4.53. The van der Waals surface area contributed by atoms with Gasteiger partial charge in [-0.15, -0.1) is 0 Å². The fraction of sp³-hybridized carbons (Fsp3) is 0.875. The van der Waals surface area contributed by atoms with Gasteiger partial charge in [-0.2, -0.15) is 0 Å². The fourth-order valence-electron chi connectivity index (χ4n) is 1.37. The SMILES string of the molecule is CCCC[C@H]1CCNC1=O. The largest absolute Gasteiger partial charge is 0.356 e. The second kappa shape index (κ2) is 3.59.